The molecule has 0 N–H and O–H groups in total. The summed E-state index contributed by atoms with van der Waals surface area (Å²) in [6.45, 7) is 4.40. The van der Waals surface area contributed by atoms with E-state index in [0.717, 1.165) is 12.0 Å². The maximum absolute atomic E-state index is 12.5. The fourth-order valence-corrected chi connectivity index (χ4v) is 2.48. The zero-order valence-electron chi connectivity index (χ0n) is 11.2. The van der Waals surface area contributed by atoms with Gasteiger partial charge in [0.25, 0.3) is 5.91 Å². The standard InChI is InChI=1S/C14H18ClNO3/c1-3-10-8-11(13(18-2)12(15)9-10)14(17)16-4-6-19-7-5-16/h8-9H,3-7H2,1-2H3. The van der Waals surface area contributed by atoms with E-state index >= 15 is 0 Å². The molecule has 4 nitrogen and oxygen atoms in total. The quantitative estimate of drug-likeness (QED) is 0.855. The van der Waals surface area contributed by atoms with Crippen molar-refractivity contribution in [3.05, 3.63) is 28.3 Å². The van der Waals surface area contributed by atoms with Gasteiger partial charge in [-0.2, -0.15) is 0 Å². The van der Waals surface area contributed by atoms with E-state index in [2.05, 4.69) is 0 Å². The van der Waals surface area contributed by atoms with Crippen LogP contribution >= 0.6 is 11.6 Å². The number of hydrogen-bond acceptors (Lipinski definition) is 3. The van der Waals surface area contributed by atoms with E-state index in [0.29, 0.717) is 42.6 Å². The Morgan fingerprint density at radius 2 is 2.11 bits per heavy atom. The Morgan fingerprint density at radius 1 is 1.42 bits per heavy atom. The second-order valence-electron chi connectivity index (χ2n) is 4.42. The van der Waals surface area contributed by atoms with Gasteiger partial charge in [-0.05, 0) is 24.1 Å². The number of benzene rings is 1. The summed E-state index contributed by atoms with van der Waals surface area (Å²) in [6, 6.07) is 3.71. The van der Waals surface area contributed by atoms with Gasteiger partial charge in [-0.25, -0.2) is 0 Å². The molecule has 1 aliphatic heterocycles. The first-order chi connectivity index (χ1) is 9.17. The molecule has 0 aromatic heterocycles. The number of amides is 1. The molecule has 104 valence electrons. The molecule has 1 amide bonds. The van der Waals surface area contributed by atoms with Gasteiger partial charge in [-0.3, -0.25) is 4.79 Å². The molecule has 0 radical (unpaired) electrons. The van der Waals surface area contributed by atoms with Crippen LogP contribution in [0.4, 0.5) is 0 Å². The highest BCUT2D eigenvalue weighted by Gasteiger charge is 2.23. The van der Waals surface area contributed by atoms with Crippen LogP contribution in [-0.4, -0.2) is 44.2 Å². The number of hydrogen-bond donors (Lipinski definition) is 0. The maximum Gasteiger partial charge on any atom is 0.257 e. The van der Waals surface area contributed by atoms with Gasteiger partial charge in [0.15, 0.2) is 0 Å². The zero-order valence-corrected chi connectivity index (χ0v) is 12.0. The van der Waals surface area contributed by atoms with Crippen LogP contribution in [0.3, 0.4) is 0 Å². The Labute approximate surface area is 118 Å². The molecule has 1 aliphatic rings. The highest BCUT2D eigenvalue weighted by Crippen LogP contribution is 2.31. The lowest BCUT2D eigenvalue weighted by Crippen LogP contribution is -2.40. The van der Waals surface area contributed by atoms with Crippen molar-refractivity contribution in [3.8, 4) is 5.75 Å². The molecule has 1 saturated heterocycles. The van der Waals surface area contributed by atoms with E-state index < -0.39 is 0 Å². The number of methoxy groups -OCH3 is 1. The largest absolute Gasteiger partial charge is 0.494 e. The van der Waals surface area contributed by atoms with E-state index in [1.165, 1.54) is 7.11 Å². The molecule has 0 unspecified atom stereocenters. The number of ether oxygens (including phenoxy) is 2. The monoisotopic (exact) mass is 283 g/mol. The third-order valence-corrected chi connectivity index (χ3v) is 3.53. The molecular weight excluding hydrogens is 266 g/mol. The summed E-state index contributed by atoms with van der Waals surface area (Å²) in [4.78, 5) is 14.3. The molecule has 1 fully saturated rings. The second-order valence-corrected chi connectivity index (χ2v) is 4.82. The number of rotatable bonds is 3. The predicted octanol–water partition coefficient (Wildman–Crippen LogP) is 2.38. The van der Waals surface area contributed by atoms with Crippen LogP contribution < -0.4 is 4.74 Å². The summed E-state index contributed by atoms with van der Waals surface area (Å²) in [5.41, 5.74) is 1.57. The van der Waals surface area contributed by atoms with Crippen LogP contribution in [0.25, 0.3) is 0 Å². The Bertz CT molecular complexity index is 470. The molecular formula is C14H18ClNO3. The van der Waals surface area contributed by atoms with E-state index in [4.69, 9.17) is 21.1 Å². The number of nitrogens with zero attached hydrogens (tertiary/aromatic N) is 1. The molecule has 19 heavy (non-hydrogen) atoms. The Morgan fingerprint density at radius 3 is 2.68 bits per heavy atom. The fourth-order valence-electron chi connectivity index (χ4n) is 2.16. The minimum Gasteiger partial charge on any atom is -0.494 e. The van der Waals surface area contributed by atoms with Crippen LogP contribution in [0.2, 0.25) is 5.02 Å². The zero-order chi connectivity index (χ0) is 13.8. The third kappa shape index (κ3) is 3.01. The molecule has 1 heterocycles. The van der Waals surface area contributed by atoms with Gasteiger partial charge in [0, 0.05) is 13.1 Å². The van der Waals surface area contributed by atoms with Gasteiger partial charge in [0.1, 0.15) is 5.75 Å². The Balaban J connectivity index is 2.35. The maximum atomic E-state index is 12.5. The van der Waals surface area contributed by atoms with E-state index in [9.17, 15) is 4.79 Å². The predicted molar refractivity (Wildman–Crippen MR) is 74.1 cm³/mol. The highest BCUT2D eigenvalue weighted by atomic mass is 35.5. The molecule has 0 bridgehead atoms. The van der Waals surface area contributed by atoms with E-state index in [1.807, 2.05) is 19.1 Å². The first kappa shape index (κ1) is 14.2. The van der Waals surface area contributed by atoms with Crippen LogP contribution in [0, 0.1) is 0 Å². The van der Waals surface area contributed by atoms with E-state index in [1.54, 1.807) is 4.90 Å². The Kier molecular flexibility index (Phi) is 4.66. The summed E-state index contributed by atoms with van der Waals surface area (Å²) >= 11 is 6.18. The summed E-state index contributed by atoms with van der Waals surface area (Å²) < 4.78 is 10.5. The molecule has 2 rings (SSSR count). The molecule has 0 saturated carbocycles. The number of carbonyl (C=O) groups excluding carboxylic acids is 1. The minimum atomic E-state index is -0.0441. The number of carbonyl (C=O) groups is 1. The normalized spacial score (nSPS) is 15.4. The average molecular weight is 284 g/mol. The molecule has 0 spiro atoms. The van der Waals surface area contributed by atoms with Crippen molar-refractivity contribution in [2.45, 2.75) is 13.3 Å². The van der Waals surface area contributed by atoms with Gasteiger partial charge in [-0.1, -0.05) is 18.5 Å². The van der Waals surface area contributed by atoms with Crippen molar-refractivity contribution >= 4 is 17.5 Å². The molecule has 1 aromatic rings. The lowest BCUT2D eigenvalue weighted by atomic mass is 10.1. The van der Waals surface area contributed by atoms with Gasteiger partial charge >= 0.3 is 0 Å². The molecule has 0 atom stereocenters. The molecule has 5 heteroatoms. The lowest BCUT2D eigenvalue weighted by molar-refractivity contribution is 0.0301. The summed E-state index contributed by atoms with van der Waals surface area (Å²) in [5, 5.41) is 0.485. The van der Waals surface area contributed by atoms with Crippen molar-refractivity contribution in [1.29, 1.82) is 0 Å². The minimum absolute atomic E-state index is 0.0441. The van der Waals surface area contributed by atoms with Crippen molar-refractivity contribution in [3.63, 3.8) is 0 Å². The van der Waals surface area contributed by atoms with Crippen LogP contribution in [0.15, 0.2) is 12.1 Å². The first-order valence-electron chi connectivity index (χ1n) is 6.40. The summed E-state index contributed by atoms with van der Waals surface area (Å²) in [5.74, 6) is 0.410. The van der Waals surface area contributed by atoms with Crippen LogP contribution in [-0.2, 0) is 11.2 Å². The van der Waals surface area contributed by atoms with E-state index in [-0.39, 0.29) is 5.91 Å². The number of halogens is 1. The highest BCUT2D eigenvalue weighted by molar-refractivity contribution is 6.32. The molecule has 1 aromatic carbocycles. The SMILES string of the molecule is CCc1cc(Cl)c(OC)c(C(=O)N2CCOCC2)c1. The van der Waals surface area contributed by atoms with Crippen molar-refractivity contribution in [2.75, 3.05) is 33.4 Å². The second kappa shape index (κ2) is 6.26. The molecule has 0 aliphatic carbocycles. The summed E-state index contributed by atoms with van der Waals surface area (Å²) in [6.07, 6.45) is 0.826. The lowest BCUT2D eigenvalue weighted by Gasteiger charge is -2.27. The third-order valence-electron chi connectivity index (χ3n) is 3.24. The summed E-state index contributed by atoms with van der Waals surface area (Å²) in [7, 11) is 1.53. The smallest absolute Gasteiger partial charge is 0.257 e. The first-order valence-corrected chi connectivity index (χ1v) is 6.78. The van der Waals surface area contributed by atoms with Crippen LogP contribution in [0.5, 0.6) is 5.75 Å². The number of aryl methyl sites for hydroxylation is 1. The fraction of sp³-hybridized carbons (Fsp3) is 0.500. The van der Waals surface area contributed by atoms with Gasteiger partial charge < -0.3 is 14.4 Å². The van der Waals surface area contributed by atoms with Gasteiger partial charge in [0.05, 0.1) is 30.9 Å². The average Bonchev–Trinajstić information content (AvgIpc) is 2.46. The van der Waals surface area contributed by atoms with Crippen molar-refractivity contribution < 1.29 is 14.3 Å². The number of morpholine rings is 1. The van der Waals surface area contributed by atoms with Crippen LogP contribution in [0.1, 0.15) is 22.8 Å². The van der Waals surface area contributed by atoms with Gasteiger partial charge in [0.2, 0.25) is 0 Å². The van der Waals surface area contributed by atoms with Crippen molar-refractivity contribution in [2.24, 2.45) is 0 Å². The van der Waals surface area contributed by atoms with Gasteiger partial charge in [-0.15, -0.1) is 0 Å². The Hall–Kier alpha value is -1.26. The topological polar surface area (TPSA) is 38.8 Å². The van der Waals surface area contributed by atoms with Crippen molar-refractivity contribution in [1.82, 2.24) is 4.90 Å².